The van der Waals surface area contributed by atoms with Crippen LogP contribution in [0.15, 0.2) is 53.3 Å². The molecule has 1 aromatic carbocycles. The van der Waals surface area contributed by atoms with Gasteiger partial charge in [0.1, 0.15) is 0 Å². The Morgan fingerprint density at radius 3 is 2.62 bits per heavy atom. The van der Waals surface area contributed by atoms with Crippen LogP contribution in [0.3, 0.4) is 0 Å². The molecule has 78 valence electrons. The minimum Gasteiger partial charge on any atom is -0.353 e. The summed E-state index contributed by atoms with van der Waals surface area (Å²) in [5.41, 5.74) is 3.37. The minimum atomic E-state index is 1.07. The van der Waals surface area contributed by atoms with Gasteiger partial charge in [0.25, 0.3) is 0 Å². The molecule has 3 rings (SSSR count). The van der Waals surface area contributed by atoms with E-state index in [4.69, 9.17) is 0 Å². The largest absolute Gasteiger partial charge is 0.353 e. The number of nitrogens with one attached hydrogen (secondary N) is 1. The lowest BCUT2D eigenvalue weighted by atomic mass is 10.1. The molecule has 3 heteroatoms. The standard InChI is InChI=1S/C13H9BrN2/c14-11-3-1-9(2-4-11)12-7-10-5-6-15-8-13(10)16-12/h1-8,16H. The predicted molar refractivity (Wildman–Crippen MR) is 69.2 cm³/mol. The molecule has 0 fully saturated rings. The number of nitrogens with zero attached hydrogens (tertiary/aromatic N) is 1. The Morgan fingerprint density at radius 1 is 1.06 bits per heavy atom. The van der Waals surface area contributed by atoms with E-state index in [0.29, 0.717) is 0 Å². The Labute approximate surface area is 101 Å². The molecule has 2 heterocycles. The molecule has 0 aliphatic rings. The third-order valence-electron chi connectivity index (χ3n) is 2.58. The summed E-state index contributed by atoms with van der Waals surface area (Å²) in [5, 5.41) is 1.19. The summed E-state index contributed by atoms with van der Waals surface area (Å²) in [6.45, 7) is 0. The zero-order valence-corrected chi connectivity index (χ0v) is 10.0. The number of fused-ring (bicyclic) bond motifs is 1. The van der Waals surface area contributed by atoms with E-state index in [2.05, 4.69) is 44.1 Å². The van der Waals surface area contributed by atoms with Gasteiger partial charge < -0.3 is 4.98 Å². The van der Waals surface area contributed by atoms with Gasteiger partial charge in [-0.3, -0.25) is 4.98 Å². The topological polar surface area (TPSA) is 28.7 Å². The predicted octanol–water partition coefficient (Wildman–Crippen LogP) is 3.99. The SMILES string of the molecule is Brc1ccc(-c2cc3ccncc3[nH]2)cc1. The molecule has 0 saturated heterocycles. The number of pyridine rings is 1. The Hall–Kier alpha value is -1.61. The van der Waals surface area contributed by atoms with E-state index in [1.165, 1.54) is 10.9 Å². The first kappa shape index (κ1) is 9.60. The zero-order chi connectivity index (χ0) is 11.0. The van der Waals surface area contributed by atoms with Gasteiger partial charge in [0.2, 0.25) is 0 Å². The van der Waals surface area contributed by atoms with Gasteiger partial charge in [0.05, 0.1) is 11.7 Å². The van der Waals surface area contributed by atoms with Crippen molar-refractivity contribution in [2.24, 2.45) is 0 Å². The highest BCUT2D eigenvalue weighted by Gasteiger charge is 2.02. The fraction of sp³-hybridized carbons (Fsp3) is 0. The van der Waals surface area contributed by atoms with Gasteiger partial charge in [-0.1, -0.05) is 28.1 Å². The lowest BCUT2D eigenvalue weighted by Crippen LogP contribution is -1.76. The molecule has 0 amide bonds. The third kappa shape index (κ3) is 1.63. The fourth-order valence-corrected chi connectivity index (χ4v) is 2.02. The van der Waals surface area contributed by atoms with Crippen molar-refractivity contribution in [2.45, 2.75) is 0 Å². The molecule has 2 aromatic heterocycles. The summed E-state index contributed by atoms with van der Waals surface area (Å²) in [6, 6.07) is 12.4. The van der Waals surface area contributed by atoms with Crippen molar-refractivity contribution in [1.82, 2.24) is 9.97 Å². The Bertz CT molecular complexity index is 593. The fourth-order valence-electron chi connectivity index (χ4n) is 1.76. The van der Waals surface area contributed by atoms with Gasteiger partial charge in [0.15, 0.2) is 0 Å². The van der Waals surface area contributed by atoms with Crippen molar-refractivity contribution in [3.63, 3.8) is 0 Å². The summed E-state index contributed by atoms with van der Waals surface area (Å²) in [5.74, 6) is 0. The summed E-state index contributed by atoms with van der Waals surface area (Å²) < 4.78 is 1.09. The Kier molecular flexibility index (Phi) is 2.26. The molecule has 0 spiro atoms. The first-order valence-electron chi connectivity index (χ1n) is 5.01. The van der Waals surface area contributed by atoms with Crippen LogP contribution in [0.4, 0.5) is 0 Å². The number of halogens is 1. The van der Waals surface area contributed by atoms with E-state index in [1.807, 2.05) is 30.6 Å². The van der Waals surface area contributed by atoms with Gasteiger partial charge in [-0.05, 0) is 29.8 Å². The van der Waals surface area contributed by atoms with Crippen LogP contribution in [0.1, 0.15) is 0 Å². The van der Waals surface area contributed by atoms with Gasteiger partial charge in [-0.2, -0.15) is 0 Å². The Balaban J connectivity index is 2.15. The average Bonchev–Trinajstić information content (AvgIpc) is 2.73. The van der Waals surface area contributed by atoms with E-state index >= 15 is 0 Å². The molecule has 1 N–H and O–H groups in total. The molecule has 0 saturated carbocycles. The number of hydrogen-bond donors (Lipinski definition) is 1. The molecule has 0 unspecified atom stereocenters. The second-order valence-electron chi connectivity index (χ2n) is 3.65. The van der Waals surface area contributed by atoms with E-state index in [1.54, 1.807) is 0 Å². The summed E-state index contributed by atoms with van der Waals surface area (Å²) in [6.07, 6.45) is 3.65. The number of rotatable bonds is 1. The number of aromatic nitrogens is 2. The molecule has 0 atom stereocenters. The molecule has 0 aliphatic carbocycles. The summed E-state index contributed by atoms with van der Waals surface area (Å²) in [4.78, 5) is 7.45. The highest BCUT2D eigenvalue weighted by atomic mass is 79.9. The molecule has 3 aromatic rings. The normalized spacial score (nSPS) is 10.8. The van der Waals surface area contributed by atoms with E-state index < -0.39 is 0 Å². The zero-order valence-electron chi connectivity index (χ0n) is 8.44. The average molecular weight is 273 g/mol. The lowest BCUT2D eigenvalue weighted by Gasteiger charge is -1.97. The Morgan fingerprint density at radius 2 is 1.88 bits per heavy atom. The molecular weight excluding hydrogens is 264 g/mol. The van der Waals surface area contributed by atoms with Crippen molar-refractivity contribution >= 4 is 26.8 Å². The molecular formula is C13H9BrN2. The lowest BCUT2D eigenvalue weighted by molar-refractivity contribution is 1.34. The number of H-pyrrole nitrogens is 1. The highest BCUT2D eigenvalue weighted by molar-refractivity contribution is 9.10. The molecule has 0 aliphatic heterocycles. The maximum Gasteiger partial charge on any atom is 0.0645 e. The van der Waals surface area contributed by atoms with Crippen LogP contribution >= 0.6 is 15.9 Å². The van der Waals surface area contributed by atoms with Crippen molar-refractivity contribution in [3.8, 4) is 11.3 Å². The van der Waals surface area contributed by atoms with Crippen molar-refractivity contribution in [1.29, 1.82) is 0 Å². The monoisotopic (exact) mass is 272 g/mol. The number of aromatic amines is 1. The van der Waals surface area contributed by atoms with E-state index in [0.717, 1.165) is 15.7 Å². The quantitative estimate of drug-likeness (QED) is 0.713. The third-order valence-corrected chi connectivity index (χ3v) is 3.11. The first-order valence-corrected chi connectivity index (χ1v) is 5.81. The van der Waals surface area contributed by atoms with Crippen LogP contribution in [0, 0.1) is 0 Å². The van der Waals surface area contributed by atoms with Crippen molar-refractivity contribution in [3.05, 3.63) is 53.3 Å². The van der Waals surface area contributed by atoms with Gasteiger partial charge in [-0.25, -0.2) is 0 Å². The molecule has 16 heavy (non-hydrogen) atoms. The maximum atomic E-state index is 4.10. The van der Waals surface area contributed by atoms with Crippen molar-refractivity contribution in [2.75, 3.05) is 0 Å². The first-order chi connectivity index (χ1) is 7.83. The smallest absolute Gasteiger partial charge is 0.0645 e. The van der Waals surface area contributed by atoms with Crippen LogP contribution in [0.2, 0.25) is 0 Å². The van der Waals surface area contributed by atoms with Crippen LogP contribution in [0.5, 0.6) is 0 Å². The van der Waals surface area contributed by atoms with Gasteiger partial charge in [0, 0.05) is 21.7 Å². The second-order valence-corrected chi connectivity index (χ2v) is 4.57. The van der Waals surface area contributed by atoms with Crippen molar-refractivity contribution < 1.29 is 0 Å². The summed E-state index contributed by atoms with van der Waals surface area (Å²) in [7, 11) is 0. The minimum absolute atomic E-state index is 1.07. The second kappa shape index (κ2) is 3.76. The van der Waals surface area contributed by atoms with Crippen LogP contribution in [-0.2, 0) is 0 Å². The maximum absolute atomic E-state index is 4.10. The molecule has 0 bridgehead atoms. The molecule has 2 nitrogen and oxygen atoms in total. The number of hydrogen-bond acceptors (Lipinski definition) is 1. The van der Waals surface area contributed by atoms with Crippen LogP contribution in [0.25, 0.3) is 22.2 Å². The van der Waals surface area contributed by atoms with Gasteiger partial charge in [-0.15, -0.1) is 0 Å². The van der Waals surface area contributed by atoms with Crippen LogP contribution in [-0.4, -0.2) is 9.97 Å². The van der Waals surface area contributed by atoms with Crippen LogP contribution < -0.4 is 0 Å². The van der Waals surface area contributed by atoms with Gasteiger partial charge >= 0.3 is 0 Å². The van der Waals surface area contributed by atoms with E-state index in [9.17, 15) is 0 Å². The highest BCUT2D eigenvalue weighted by Crippen LogP contribution is 2.24. The number of benzene rings is 1. The summed E-state index contributed by atoms with van der Waals surface area (Å²) >= 11 is 3.43. The molecule has 0 radical (unpaired) electrons. The van der Waals surface area contributed by atoms with E-state index in [-0.39, 0.29) is 0 Å².